The van der Waals surface area contributed by atoms with Gasteiger partial charge < -0.3 is 23.1 Å². The van der Waals surface area contributed by atoms with Gasteiger partial charge in [-0.25, -0.2) is 0 Å². The molecule has 1 amide bonds. The maximum absolute atomic E-state index is 12.6. The molecule has 0 spiro atoms. The molecule has 8 nitrogen and oxygen atoms in total. The summed E-state index contributed by atoms with van der Waals surface area (Å²) >= 11 is 8.33. The number of hydrogen-bond donors (Lipinski definition) is 2. The number of phenols is 1. The topological polar surface area (TPSA) is 129 Å². The van der Waals surface area contributed by atoms with Crippen LogP contribution in [0.1, 0.15) is 10.4 Å². The first kappa shape index (κ1) is 19.7. The SMILES string of the molecule is O=C(c1cc(Cl)c(O)c(Cl)c1)N1CCOc2cnccc21.[O-][Br+2]([O-])O. The summed E-state index contributed by atoms with van der Waals surface area (Å²) in [4.78, 5) is 18.2. The minimum absolute atomic E-state index is 0.0362. The van der Waals surface area contributed by atoms with Crippen molar-refractivity contribution in [3.63, 3.8) is 0 Å². The van der Waals surface area contributed by atoms with E-state index in [1.54, 1.807) is 23.4 Å². The van der Waals surface area contributed by atoms with Crippen LogP contribution in [0.2, 0.25) is 10.0 Å². The van der Waals surface area contributed by atoms with E-state index in [-0.39, 0.29) is 21.7 Å². The second-order valence-corrected chi connectivity index (χ2v) is 6.30. The molecule has 0 saturated heterocycles. The number of aromatic hydroxyl groups is 1. The molecule has 1 aliphatic heterocycles. The third-order valence-electron chi connectivity index (χ3n) is 3.13. The van der Waals surface area contributed by atoms with Gasteiger partial charge in [0, 0.05) is 11.8 Å². The normalized spacial score (nSPS) is 12.8. The summed E-state index contributed by atoms with van der Waals surface area (Å²) in [7, 11) is 0. The molecule has 3 rings (SSSR count). The zero-order chi connectivity index (χ0) is 18.6. The van der Waals surface area contributed by atoms with Gasteiger partial charge >= 0.3 is 14.8 Å². The third kappa shape index (κ3) is 4.94. The van der Waals surface area contributed by atoms with E-state index in [4.69, 9.17) is 40.5 Å². The van der Waals surface area contributed by atoms with Gasteiger partial charge in [-0.15, -0.1) is 0 Å². The third-order valence-corrected chi connectivity index (χ3v) is 3.71. The van der Waals surface area contributed by atoms with Crippen molar-refractivity contribution in [2.75, 3.05) is 18.1 Å². The van der Waals surface area contributed by atoms with Crippen molar-refractivity contribution in [3.8, 4) is 11.5 Å². The van der Waals surface area contributed by atoms with Crippen LogP contribution in [0.15, 0.2) is 30.6 Å². The first-order valence-corrected chi connectivity index (χ1v) is 9.38. The number of hydrogen-bond acceptors (Lipinski definition) is 7. The van der Waals surface area contributed by atoms with E-state index in [1.165, 1.54) is 12.1 Å². The molecule has 11 heteroatoms. The zero-order valence-corrected chi connectivity index (χ0v) is 15.5. The van der Waals surface area contributed by atoms with Crippen molar-refractivity contribution in [2.24, 2.45) is 0 Å². The molecule has 134 valence electrons. The van der Waals surface area contributed by atoms with E-state index in [1.807, 2.05) is 0 Å². The smallest absolute Gasteiger partial charge is 0.433 e. The van der Waals surface area contributed by atoms with Gasteiger partial charge in [-0.2, -0.15) is 0 Å². The number of halogens is 3. The quantitative estimate of drug-likeness (QED) is 0.630. The van der Waals surface area contributed by atoms with E-state index in [0.717, 1.165) is 0 Å². The zero-order valence-electron chi connectivity index (χ0n) is 12.4. The predicted octanol–water partition coefficient (Wildman–Crippen LogP) is 0.198. The minimum atomic E-state index is -3.40. The standard InChI is InChI=1S/C14H10Cl2N2O3.BrHO3/c15-9-5-8(6-10(16)13(9)19)14(20)18-3-4-21-12-7-17-2-1-11(12)18;2-1(3)4/h1-2,5-7,19H,3-4H2;2H. The Morgan fingerprint density at radius 2 is 1.92 bits per heavy atom. The second-order valence-electron chi connectivity index (χ2n) is 4.64. The number of anilines is 1. The van der Waals surface area contributed by atoms with E-state index >= 15 is 0 Å². The molecule has 2 heterocycles. The monoisotopic (exact) mass is 452 g/mol. The second kappa shape index (κ2) is 8.65. The molecule has 1 aliphatic rings. The van der Waals surface area contributed by atoms with Crippen LogP contribution in [0, 0.1) is 14.8 Å². The van der Waals surface area contributed by atoms with Gasteiger partial charge in [-0.3, -0.25) is 9.78 Å². The molecule has 0 radical (unpaired) electrons. The molecule has 0 fully saturated rings. The van der Waals surface area contributed by atoms with E-state index in [9.17, 15) is 9.90 Å². The van der Waals surface area contributed by atoms with Crippen LogP contribution in [0.3, 0.4) is 0 Å². The molecule has 0 bridgehead atoms. The molecule has 0 saturated carbocycles. The summed E-state index contributed by atoms with van der Waals surface area (Å²) in [5.74, 6) is 0.0454. The van der Waals surface area contributed by atoms with Crippen LogP contribution in [-0.2, 0) is 0 Å². The largest absolute Gasteiger partial charge is 0.505 e. The van der Waals surface area contributed by atoms with Gasteiger partial charge in [0.1, 0.15) is 6.61 Å². The average Bonchev–Trinajstić information content (AvgIpc) is 2.57. The van der Waals surface area contributed by atoms with Gasteiger partial charge in [0.05, 0.1) is 28.5 Å². The molecule has 25 heavy (non-hydrogen) atoms. The summed E-state index contributed by atoms with van der Waals surface area (Å²) in [5.41, 5.74) is 0.939. The first-order chi connectivity index (χ1) is 11.8. The lowest BCUT2D eigenvalue weighted by atomic mass is 10.1. The highest BCUT2D eigenvalue weighted by Gasteiger charge is 2.25. The molecule has 1 aromatic carbocycles. The van der Waals surface area contributed by atoms with E-state index < -0.39 is 14.8 Å². The molecular weight excluding hydrogens is 443 g/mol. The van der Waals surface area contributed by atoms with Gasteiger partial charge in [-0.05, 0) is 22.4 Å². The van der Waals surface area contributed by atoms with E-state index in [2.05, 4.69) is 4.98 Å². The summed E-state index contributed by atoms with van der Waals surface area (Å²) in [6.07, 6.45) is 3.15. The molecular formula is C14H11BrCl2N2O6. The number of fused-ring (bicyclic) bond motifs is 1. The molecule has 1 aromatic heterocycles. The highest BCUT2D eigenvalue weighted by atomic mass is 80.0. The maximum Gasteiger partial charge on any atom is 0.433 e. The van der Waals surface area contributed by atoms with Crippen LogP contribution < -0.4 is 18.0 Å². The fraction of sp³-hybridized carbons (Fsp3) is 0.143. The average molecular weight is 454 g/mol. The van der Waals surface area contributed by atoms with Crippen LogP contribution in [0.5, 0.6) is 11.5 Å². The Balaban J connectivity index is 0.000000511. The molecule has 0 atom stereocenters. The Hall–Kier alpha value is -1.62. The Bertz CT molecular complexity index is 751. The lowest BCUT2D eigenvalue weighted by Gasteiger charge is -2.29. The lowest BCUT2D eigenvalue weighted by molar-refractivity contribution is -1.63. The highest BCUT2D eigenvalue weighted by Crippen LogP contribution is 2.35. The minimum Gasteiger partial charge on any atom is -0.505 e. The molecule has 2 N–H and O–H groups in total. The summed E-state index contributed by atoms with van der Waals surface area (Å²) < 4.78 is 29.8. The molecule has 0 unspecified atom stereocenters. The van der Waals surface area contributed by atoms with Crippen molar-refractivity contribution < 1.29 is 42.0 Å². The van der Waals surface area contributed by atoms with Crippen molar-refractivity contribution in [3.05, 3.63) is 46.2 Å². The Morgan fingerprint density at radius 1 is 1.32 bits per heavy atom. The van der Waals surface area contributed by atoms with Gasteiger partial charge in [0.2, 0.25) is 0 Å². The molecule has 0 aliphatic carbocycles. The predicted molar refractivity (Wildman–Crippen MR) is 81.8 cm³/mol. The number of rotatable bonds is 1. The number of amides is 1. The number of phenolic OH excluding ortho intramolecular Hbond substituents is 1. The van der Waals surface area contributed by atoms with Crippen LogP contribution >= 0.6 is 23.2 Å². The number of aromatic nitrogens is 1. The fourth-order valence-corrected chi connectivity index (χ4v) is 2.62. The highest BCUT2D eigenvalue weighted by molar-refractivity contribution is 6.37. The molecule has 2 aromatic rings. The van der Waals surface area contributed by atoms with Crippen molar-refractivity contribution >= 4 is 34.8 Å². The lowest BCUT2D eigenvalue weighted by Crippen LogP contribution is -2.38. The van der Waals surface area contributed by atoms with Crippen LogP contribution in [-0.4, -0.2) is 33.3 Å². The number of nitrogens with zero attached hydrogens (tertiary/aromatic N) is 2. The Morgan fingerprint density at radius 3 is 2.52 bits per heavy atom. The number of pyridine rings is 1. The Labute approximate surface area is 157 Å². The summed E-state index contributed by atoms with van der Waals surface area (Å²) in [6.45, 7) is 0.788. The van der Waals surface area contributed by atoms with Gasteiger partial charge in [-0.1, -0.05) is 23.2 Å². The number of ether oxygens (including phenoxy) is 1. The Kier molecular flexibility index (Phi) is 6.82. The number of carbonyl (C=O) groups is 1. The first-order valence-electron chi connectivity index (χ1n) is 6.62. The summed E-state index contributed by atoms with van der Waals surface area (Å²) in [6, 6.07) is 4.48. The fourth-order valence-electron chi connectivity index (χ4n) is 2.13. The maximum atomic E-state index is 12.6. The summed E-state index contributed by atoms with van der Waals surface area (Å²) in [5, 5.41) is 9.64. The van der Waals surface area contributed by atoms with Crippen molar-refractivity contribution in [1.82, 2.24) is 4.98 Å². The number of benzene rings is 1. The number of carbonyl (C=O) groups excluding carboxylic acids is 1. The van der Waals surface area contributed by atoms with Gasteiger partial charge in [0.25, 0.3) is 5.91 Å². The van der Waals surface area contributed by atoms with Crippen LogP contribution in [0.4, 0.5) is 5.69 Å². The van der Waals surface area contributed by atoms with Crippen molar-refractivity contribution in [2.45, 2.75) is 0 Å². The van der Waals surface area contributed by atoms with Crippen molar-refractivity contribution in [1.29, 1.82) is 0 Å². The van der Waals surface area contributed by atoms with Gasteiger partial charge in [0.15, 0.2) is 11.5 Å². The van der Waals surface area contributed by atoms with E-state index in [0.29, 0.717) is 30.2 Å². The van der Waals surface area contributed by atoms with Crippen LogP contribution in [0.25, 0.3) is 0 Å².